The molecule has 1 aromatic carbocycles. The normalized spacial score (nSPS) is 26.7. The van der Waals surface area contributed by atoms with Crippen molar-refractivity contribution >= 4 is 21.7 Å². The molecule has 0 unspecified atom stereocenters. The van der Waals surface area contributed by atoms with E-state index in [1.54, 1.807) is 21.9 Å². The van der Waals surface area contributed by atoms with Crippen LogP contribution in [-0.2, 0) is 25.8 Å². The van der Waals surface area contributed by atoms with Gasteiger partial charge in [-0.2, -0.15) is 0 Å². The van der Waals surface area contributed by atoms with E-state index < -0.39 is 21.9 Å². The van der Waals surface area contributed by atoms with Gasteiger partial charge in [0.05, 0.1) is 23.6 Å². The average Bonchev–Trinajstić information content (AvgIpc) is 3.40. The van der Waals surface area contributed by atoms with E-state index in [0.29, 0.717) is 19.5 Å². The van der Waals surface area contributed by atoms with Crippen LogP contribution in [0.3, 0.4) is 0 Å². The molecule has 0 bridgehead atoms. The minimum atomic E-state index is -3.28. The third-order valence-corrected chi connectivity index (χ3v) is 7.42. The Bertz CT molecular complexity index is 868. The van der Waals surface area contributed by atoms with Gasteiger partial charge in [-0.15, -0.1) is 0 Å². The van der Waals surface area contributed by atoms with E-state index in [4.69, 9.17) is 0 Å². The number of sulfone groups is 1. The van der Waals surface area contributed by atoms with Gasteiger partial charge in [-0.3, -0.25) is 9.59 Å². The summed E-state index contributed by atoms with van der Waals surface area (Å²) in [6.45, 7) is 0.745. The molecule has 1 aliphatic carbocycles. The van der Waals surface area contributed by atoms with Crippen molar-refractivity contribution < 1.29 is 22.4 Å². The van der Waals surface area contributed by atoms with Crippen molar-refractivity contribution in [2.45, 2.75) is 37.8 Å². The maximum Gasteiger partial charge on any atom is 0.226 e. The molecule has 4 rings (SSSR count). The molecule has 146 valence electrons. The summed E-state index contributed by atoms with van der Waals surface area (Å²) in [7, 11) is -3.28. The highest BCUT2D eigenvalue weighted by Crippen LogP contribution is 2.35. The number of amides is 2. The largest absolute Gasteiger partial charge is 0.335 e. The Morgan fingerprint density at radius 3 is 2.41 bits per heavy atom. The SMILES string of the molecule is O=C(CCc1cccc(F)c1)N1CCN(C(=O)C2CC2)[C@H]2CS(=O)(=O)C[C@H]21. The highest BCUT2D eigenvalue weighted by atomic mass is 32.2. The van der Waals surface area contributed by atoms with Crippen molar-refractivity contribution in [3.05, 3.63) is 35.6 Å². The zero-order valence-corrected chi connectivity index (χ0v) is 15.8. The fourth-order valence-corrected chi connectivity index (χ4v) is 6.17. The summed E-state index contributed by atoms with van der Waals surface area (Å²) in [5, 5.41) is 0. The van der Waals surface area contributed by atoms with Crippen molar-refractivity contribution in [2.24, 2.45) is 5.92 Å². The number of benzene rings is 1. The molecule has 3 fully saturated rings. The molecular formula is C19H23FN2O4S. The first kappa shape index (κ1) is 18.4. The lowest BCUT2D eigenvalue weighted by Gasteiger charge is -2.44. The molecule has 27 heavy (non-hydrogen) atoms. The summed E-state index contributed by atoms with van der Waals surface area (Å²) in [5.41, 5.74) is 0.737. The number of carbonyl (C=O) groups is 2. The Kier molecular flexibility index (Phi) is 4.70. The average molecular weight is 394 g/mol. The van der Waals surface area contributed by atoms with Crippen LogP contribution < -0.4 is 0 Å². The molecule has 3 aliphatic rings. The second-order valence-electron chi connectivity index (χ2n) is 7.73. The number of rotatable bonds is 4. The molecule has 1 saturated carbocycles. The predicted molar refractivity (Wildman–Crippen MR) is 97.1 cm³/mol. The van der Waals surface area contributed by atoms with E-state index in [1.165, 1.54) is 12.1 Å². The lowest BCUT2D eigenvalue weighted by atomic mass is 10.0. The van der Waals surface area contributed by atoms with Gasteiger partial charge in [0.2, 0.25) is 11.8 Å². The van der Waals surface area contributed by atoms with Gasteiger partial charge < -0.3 is 9.80 Å². The molecule has 0 aromatic heterocycles. The van der Waals surface area contributed by atoms with Crippen LogP contribution in [-0.4, -0.2) is 66.7 Å². The van der Waals surface area contributed by atoms with Crippen LogP contribution in [0.25, 0.3) is 0 Å². The number of halogens is 1. The summed E-state index contributed by atoms with van der Waals surface area (Å²) < 4.78 is 37.7. The topological polar surface area (TPSA) is 74.8 Å². The number of piperazine rings is 1. The number of hydrogen-bond donors (Lipinski definition) is 0. The Balaban J connectivity index is 1.46. The first-order valence-electron chi connectivity index (χ1n) is 9.39. The molecule has 2 aliphatic heterocycles. The van der Waals surface area contributed by atoms with Gasteiger partial charge in [0, 0.05) is 25.4 Å². The molecule has 2 amide bonds. The fourth-order valence-electron chi connectivity index (χ4n) is 4.19. The summed E-state index contributed by atoms with van der Waals surface area (Å²) >= 11 is 0. The number of nitrogens with zero attached hydrogens (tertiary/aromatic N) is 2. The molecule has 0 radical (unpaired) electrons. The standard InChI is InChI=1S/C19H23FN2O4S/c20-15-3-1-2-13(10-15)4-7-18(23)21-8-9-22(19(24)14-5-6-14)17-12-27(25,26)11-16(17)21/h1-3,10,14,16-17H,4-9,11-12H2/t16-,17+/m1/s1. The van der Waals surface area contributed by atoms with Crippen molar-refractivity contribution in [3.63, 3.8) is 0 Å². The minimum absolute atomic E-state index is 0.0317. The molecule has 6 nitrogen and oxygen atoms in total. The Labute approximate surface area is 158 Å². The van der Waals surface area contributed by atoms with Crippen LogP contribution in [0.1, 0.15) is 24.8 Å². The van der Waals surface area contributed by atoms with Crippen molar-refractivity contribution in [2.75, 3.05) is 24.6 Å². The molecule has 8 heteroatoms. The van der Waals surface area contributed by atoms with Crippen molar-refractivity contribution in [1.82, 2.24) is 9.80 Å². The second-order valence-corrected chi connectivity index (χ2v) is 9.89. The van der Waals surface area contributed by atoms with Crippen LogP contribution in [0.4, 0.5) is 4.39 Å². The van der Waals surface area contributed by atoms with Crippen LogP contribution in [0.5, 0.6) is 0 Å². The third kappa shape index (κ3) is 3.85. The molecule has 0 spiro atoms. The monoisotopic (exact) mass is 394 g/mol. The van der Waals surface area contributed by atoms with Gasteiger partial charge in [0.1, 0.15) is 5.82 Å². The second kappa shape index (κ2) is 6.89. The van der Waals surface area contributed by atoms with Crippen LogP contribution in [0, 0.1) is 11.7 Å². The van der Waals surface area contributed by atoms with Gasteiger partial charge in [0.25, 0.3) is 0 Å². The minimum Gasteiger partial charge on any atom is -0.335 e. The summed E-state index contributed by atoms with van der Waals surface area (Å²) in [6, 6.07) is 5.24. The number of hydrogen-bond acceptors (Lipinski definition) is 4. The Morgan fingerprint density at radius 1 is 1.07 bits per heavy atom. The Morgan fingerprint density at radius 2 is 1.74 bits per heavy atom. The Hall–Kier alpha value is -1.96. The highest BCUT2D eigenvalue weighted by molar-refractivity contribution is 7.91. The van der Waals surface area contributed by atoms with E-state index in [1.807, 2.05) is 0 Å². The van der Waals surface area contributed by atoms with Crippen LogP contribution in [0.15, 0.2) is 24.3 Å². The summed E-state index contributed by atoms with van der Waals surface area (Å²) in [4.78, 5) is 28.6. The number of fused-ring (bicyclic) bond motifs is 1. The molecule has 2 atom stereocenters. The first-order valence-corrected chi connectivity index (χ1v) is 11.2. The van der Waals surface area contributed by atoms with Gasteiger partial charge in [-0.25, -0.2) is 12.8 Å². The van der Waals surface area contributed by atoms with Crippen LogP contribution in [0.2, 0.25) is 0 Å². The van der Waals surface area contributed by atoms with E-state index in [9.17, 15) is 22.4 Å². The molecule has 1 aromatic rings. The number of aryl methyl sites for hydroxylation is 1. The van der Waals surface area contributed by atoms with E-state index in [-0.39, 0.29) is 41.5 Å². The predicted octanol–water partition coefficient (Wildman–Crippen LogP) is 1.00. The van der Waals surface area contributed by atoms with Gasteiger partial charge in [0.15, 0.2) is 9.84 Å². The molecular weight excluding hydrogens is 371 g/mol. The molecule has 2 saturated heterocycles. The zero-order valence-electron chi connectivity index (χ0n) is 15.0. The first-order chi connectivity index (χ1) is 12.8. The summed E-state index contributed by atoms with van der Waals surface area (Å²) in [5.74, 6) is -0.557. The highest BCUT2D eigenvalue weighted by Gasteiger charge is 2.50. The maximum atomic E-state index is 13.3. The summed E-state index contributed by atoms with van der Waals surface area (Å²) in [6.07, 6.45) is 2.34. The maximum absolute atomic E-state index is 13.3. The van der Waals surface area contributed by atoms with E-state index >= 15 is 0 Å². The lowest BCUT2D eigenvalue weighted by Crippen LogP contribution is -2.62. The number of carbonyl (C=O) groups excluding carboxylic acids is 2. The quantitative estimate of drug-likeness (QED) is 0.764. The lowest BCUT2D eigenvalue weighted by molar-refractivity contribution is -0.146. The zero-order chi connectivity index (χ0) is 19.2. The van der Waals surface area contributed by atoms with Crippen molar-refractivity contribution in [1.29, 1.82) is 0 Å². The molecule has 0 N–H and O–H groups in total. The van der Waals surface area contributed by atoms with Crippen molar-refractivity contribution in [3.8, 4) is 0 Å². The third-order valence-electron chi connectivity index (χ3n) is 5.72. The van der Waals surface area contributed by atoms with Gasteiger partial charge in [-0.1, -0.05) is 12.1 Å². The van der Waals surface area contributed by atoms with Crippen LogP contribution >= 0.6 is 0 Å². The fraction of sp³-hybridized carbons (Fsp3) is 0.579. The van der Waals surface area contributed by atoms with Gasteiger partial charge in [-0.05, 0) is 37.0 Å². The van der Waals surface area contributed by atoms with Gasteiger partial charge >= 0.3 is 0 Å². The van der Waals surface area contributed by atoms with E-state index in [0.717, 1.165) is 18.4 Å². The molecule has 2 heterocycles. The van der Waals surface area contributed by atoms with E-state index in [2.05, 4.69) is 0 Å². The smallest absolute Gasteiger partial charge is 0.226 e.